The normalized spacial score (nSPS) is 10.6. The third kappa shape index (κ3) is 2.86. The second-order valence-electron chi connectivity index (χ2n) is 4.43. The molecule has 0 amide bonds. The fourth-order valence-corrected chi connectivity index (χ4v) is 2.07. The average Bonchev–Trinajstić information content (AvgIpc) is 2.78. The maximum absolute atomic E-state index is 12.2. The van der Waals surface area contributed by atoms with Crippen LogP contribution in [-0.2, 0) is 19.9 Å². The molecule has 1 aromatic carbocycles. The van der Waals surface area contributed by atoms with Crippen molar-refractivity contribution in [2.45, 2.75) is 26.2 Å². The lowest BCUT2D eigenvalue weighted by molar-refractivity contribution is 0.0982. The molecule has 0 saturated carbocycles. The Bertz CT molecular complexity index is 529. The summed E-state index contributed by atoms with van der Waals surface area (Å²) in [5, 5.41) is 4.30. The van der Waals surface area contributed by atoms with Gasteiger partial charge >= 0.3 is 0 Å². The molecule has 3 heteroatoms. The van der Waals surface area contributed by atoms with Crippen molar-refractivity contribution >= 4 is 5.78 Å². The monoisotopic (exact) mass is 242 g/mol. The van der Waals surface area contributed by atoms with E-state index in [4.69, 9.17) is 0 Å². The summed E-state index contributed by atoms with van der Waals surface area (Å²) in [6.07, 6.45) is 3.96. The Labute approximate surface area is 107 Å². The van der Waals surface area contributed by atoms with Gasteiger partial charge in [-0.25, -0.2) is 0 Å². The maximum Gasteiger partial charge on any atom is 0.166 e. The zero-order chi connectivity index (χ0) is 13.0. The first-order chi connectivity index (χ1) is 8.70. The third-order valence-corrected chi connectivity index (χ3v) is 3.02. The SMILES string of the molecule is CCc1nn(C)cc1C(=O)CCc1ccccc1. The Balaban J connectivity index is 2.04. The molecule has 0 N–H and O–H groups in total. The van der Waals surface area contributed by atoms with Crippen molar-refractivity contribution in [1.82, 2.24) is 9.78 Å². The molecule has 0 saturated heterocycles. The number of hydrogen-bond donors (Lipinski definition) is 0. The van der Waals surface area contributed by atoms with Crippen molar-refractivity contribution < 1.29 is 4.79 Å². The number of aryl methyl sites for hydroxylation is 3. The van der Waals surface area contributed by atoms with E-state index in [9.17, 15) is 4.79 Å². The van der Waals surface area contributed by atoms with E-state index < -0.39 is 0 Å². The molecule has 0 atom stereocenters. The summed E-state index contributed by atoms with van der Waals surface area (Å²) in [7, 11) is 1.85. The van der Waals surface area contributed by atoms with Crippen molar-refractivity contribution in [3.63, 3.8) is 0 Å². The number of nitrogens with zero attached hydrogens (tertiary/aromatic N) is 2. The number of Topliss-reactive ketones (excluding diaryl/α,β-unsaturated/α-hetero) is 1. The molecule has 0 bridgehead atoms. The van der Waals surface area contributed by atoms with E-state index in [0.717, 1.165) is 24.1 Å². The highest BCUT2D eigenvalue weighted by molar-refractivity contribution is 5.97. The standard InChI is InChI=1S/C15H18N2O/c1-3-14-13(11-17(2)16-14)15(18)10-9-12-7-5-4-6-8-12/h4-8,11H,3,9-10H2,1-2H3. The van der Waals surface area contributed by atoms with Gasteiger partial charge in [-0.1, -0.05) is 37.3 Å². The first-order valence-electron chi connectivity index (χ1n) is 6.30. The molecule has 0 aliphatic heterocycles. The van der Waals surface area contributed by atoms with Gasteiger partial charge in [0.05, 0.1) is 11.3 Å². The van der Waals surface area contributed by atoms with Crippen molar-refractivity contribution in [1.29, 1.82) is 0 Å². The van der Waals surface area contributed by atoms with Crippen LogP contribution in [0.15, 0.2) is 36.5 Å². The van der Waals surface area contributed by atoms with Crippen molar-refractivity contribution in [3.8, 4) is 0 Å². The Morgan fingerprint density at radius 3 is 2.67 bits per heavy atom. The highest BCUT2D eigenvalue weighted by Crippen LogP contribution is 2.12. The highest BCUT2D eigenvalue weighted by atomic mass is 16.1. The van der Waals surface area contributed by atoms with Crippen molar-refractivity contribution in [2.24, 2.45) is 7.05 Å². The molecule has 0 fully saturated rings. The summed E-state index contributed by atoms with van der Waals surface area (Å²) in [5.74, 6) is 0.184. The lowest BCUT2D eigenvalue weighted by Crippen LogP contribution is -2.03. The van der Waals surface area contributed by atoms with Crippen LogP contribution >= 0.6 is 0 Å². The van der Waals surface area contributed by atoms with Crippen LogP contribution < -0.4 is 0 Å². The molecule has 94 valence electrons. The van der Waals surface area contributed by atoms with Crippen molar-refractivity contribution in [2.75, 3.05) is 0 Å². The van der Waals surface area contributed by atoms with Crippen LogP contribution in [0.25, 0.3) is 0 Å². The molecule has 2 aromatic rings. The zero-order valence-electron chi connectivity index (χ0n) is 10.9. The van der Waals surface area contributed by atoms with Gasteiger partial charge < -0.3 is 0 Å². The van der Waals surface area contributed by atoms with Gasteiger partial charge in [-0.2, -0.15) is 5.10 Å². The molecule has 0 aliphatic rings. The summed E-state index contributed by atoms with van der Waals surface area (Å²) in [4.78, 5) is 12.2. The van der Waals surface area contributed by atoms with Gasteiger partial charge in [0.25, 0.3) is 0 Å². The first kappa shape index (κ1) is 12.6. The second-order valence-corrected chi connectivity index (χ2v) is 4.43. The minimum Gasteiger partial charge on any atom is -0.294 e. The molecular formula is C15H18N2O. The molecule has 0 aliphatic carbocycles. The Kier molecular flexibility index (Phi) is 3.92. The molecule has 1 aromatic heterocycles. The van der Waals surface area contributed by atoms with Gasteiger partial charge in [0.2, 0.25) is 0 Å². The quantitative estimate of drug-likeness (QED) is 0.756. The zero-order valence-corrected chi connectivity index (χ0v) is 10.9. The average molecular weight is 242 g/mol. The van der Waals surface area contributed by atoms with E-state index in [2.05, 4.69) is 17.2 Å². The van der Waals surface area contributed by atoms with Crippen LogP contribution in [-0.4, -0.2) is 15.6 Å². The van der Waals surface area contributed by atoms with E-state index in [-0.39, 0.29) is 5.78 Å². The summed E-state index contributed by atoms with van der Waals surface area (Å²) in [6.45, 7) is 2.02. The van der Waals surface area contributed by atoms with Gasteiger partial charge in [0.1, 0.15) is 0 Å². The smallest absolute Gasteiger partial charge is 0.166 e. The van der Waals surface area contributed by atoms with Gasteiger partial charge in [-0.15, -0.1) is 0 Å². The number of benzene rings is 1. The Hall–Kier alpha value is -1.90. The topological polar surface area (TPSA) is 34.9 Å². The van der Waals surface area contributed by atoms with Gasteiger partial charge in [-0.05, 0) is 18.4 Å². The minimum atomic E-state index is 0.184. The van der Waals surface area contributed by atoms with Crippen molar-refractivity contribution in [3.05, 3.63) is 53.3 Å². The van der Waals surface area contributed by atoms with Crippen LogP contribution in [0.1, 0.15) is 35.0 Å². The molecule has 1 heterocycles. The number of aromatic nitrogens is 2. The molecule has 3 nitrogen and oxygen atoms in total. The van der Waals surface area contributed by atoms with Crippen LogP contribution in [0.5, 0.6) is 0 Å². The molecule has 0 unspecified atom stereocenters. The maximum atomic E-state index is 12.2. The van der Waals surface area contributed by atoms with E-state index >= 15 is 0 Å². The van der Waals surface area contributed by atoms with Gasteiger partial charge in [0.15, 0.2) is 5.78 Å². The van der Waals surface area contributed by atoms with E-state index in [1.54, 1.807) is 4.68 Å². The predicted octanol–water partition coefficient (Wildman–Crippen LogP) is 2.80. The van der Waals surface area contributed by atoms with E-state index in [0.29, 0.717) is 6.42 Å². The van der Waals surface area contributed by atoms with Crippen LogP contribution in [0.2, 0.25) is 0 Å². The van der Waals surface area contributed by atoms with E-state index in [1.165, 1.54) is 5.56 Å². The fraction of sp³-hybridized carbons (Fsp3) is 0.333. The lowest BCUT2D eigenvalue weighted by Gasteiger charge is -2.01. The Morgan fingerprint density at radius 2 is 2.00 bits per heavy atom. The second kappa shape index (κ2) is 5.63. The highest BCUT2D eigenvalue weighted by Gasteiger charge is 2.13. The van der Waals surface area contributed by atoms with Gasteiger partial charge in [-0.3, -0.25) is 9.48 Å². The first-order valence-corrected chi connectivity index (χ1v) is 6.30. The number of carbonyl (C=O) groups is 1. The predicted molar refractivity (Wildman–Crippen MR) is 71.7 cm³/mol. The van der Waals surface area contributed by atoms with Crippen LogP contribution in [0, 0.1) is 0 Å². The number of carbonyl (C=O) groups excluding carboxylic acids is 1. The van der Waals surface area contributed by atoms with E-state index in [1.807, 2.05) is 38.4 Å². The lowest BCUT2D eigenvalue weighted by atomic mass is 10.0. The number of hydrogen-bond acceptors (Lipinski definition) is 2. The summed E-state index contributed by atoms with van der Waals surface area (Å²) >= 11 is 0. The Morgan fingerprint density at radius 1 is 1.28 bits per heavy atom. The molecular weight excluding hydrogens is 224 g/mol. The van der Waals surface area contributed by atoms with Crippen LogP contribution in [0.4, 0.5) is 0 Å². The summed E-state index contributed by atoms with van der Waals surface area (Å²) < 4.78 is 1.72. The molecule has 2 rings (SSSR count). The largest absolute Gasteiger partial charge is 0.294 e. The fourth-order valence-electron chi connectivity index (χ4n) is 2.07. The summed E-state index contributed by atoms with van der Waals surface area (Å²) in [6, 6.07) is 10.1. The third-order valence-electron chi connectivity index (χ3n) is 3.02. The molecule has 0 spiro atoms. The summed E-state index contributed by atoms with van der Waals surface area (Å²) in [5.41, 5.74) is 2.87. The van der Waals surface area contributed by atoms with Gasteiger partial charge in [0, 0.05) is 19.7 Å². The number of ketones is 1. The molecule has 0 radical (unpaired) electrons. The van der Waals surface area contributed by atoms with Crippen LogP contribution in [0.3, 0.4) is 0 Å². The minimum absolute atomic E-state index is 0.184. The number of rotatable bonds is 5. The molecule has 18 heavy (non-hydrogen) atoms.